The van der Waals surface area contributed by atoms with E-state index in [4.69, 9.17) is 5.73 Å². The zero-order valence-corrected chi connectivity index (χ0v) is 10.7. The van der Waals surface area contributed by atoms with Gasteiger partial charge < -0.3 is 10.6 Å². The normalized spacial score (nSPS) is 14.5. The van der Waals surface area contributed by atoms with Gasteiger partial charge in [-0.1, -0.05) is 38.5 Å². The summed E-state index contributed by atoms with van der Waals surface area (Å²) in [5.41, 5.74) is 7.47. The molecule has 2 heteroatoms. The highest BCUT2D eigenvalue weighted by atomic mass is 15.1. The topological polar surface area (TPSA) is 29.3 Å². The van der Waals surface area contributed by atoms with E-state index < -0.39 is 0 Å². The minimum atomic E-state index is 0.255. The molecule has 0 aliphatic rings. The number of nitrogens with two attached hydrogens (primary N) is 1. The van der Waals surface area contributed by atoms with Gasteiger partial charge in [0.05, 0.1) is 0 Å². The number of nitrogens with zero attached hydrogens (tertiary/aromatic N) is 1. The summed E-state index contributed by atoms with van der Waals surface area (Å²) >= 11 is 0. The van der Waals surface area contributed by atoms with Gasteiger partial charge in [-0.05, 0) is 25.0 Å². The average molecular weight is 220 g/mol. The van der Waals surface area contributed by atoms with Crippen molar-refractivity contribution in [3.8, 4) is 0 Å². The lowest BCUT2D eigenvalue weighted by molar-refractivity contribution is 0.440. The van der Waals surface area contributed by atoms with Gasteiger partial charge in [-0.15, -0.1) is 0 Å². The van der Waals surface area contributed by atoms with E-state index in [-0.39, 0.29) is 6.04 Å². The van der Waals surface area contributed by atoms with E-state index in [0.717, 1.165) is 19.5 Å². The van der Waals surface area contributed by atoms with Gasteiger partial charge in [-0.3, -0.25) is 0 Å². The Labute approximate surface area is 99.5 Å². The van der Waals surface area contributed by atoms with Crippen LogP contribution < -0.4 is 10.6 Å². The molecule has 0 aliphatic heterocycles. The number of hydrogen-bond donors (Lipinski definition) is 1. The van der Waals surface area contributed by atoms with Crippen LogP contribution in [0.2, 0.25) is 0 Å². The summed E-state index contributed by atoms with van der Waals surface area (Å²) in [5.74, 6) is 0.581. The second-order valence-electron chi connectivity index (χ2n) is 4.42. The summed E-state index contributed by atoms with van der Waals surface area (Å²) in [5, 5.41) is 0. The number of para-hydroxylation sites is 1. The van der Waals surface area contributed by atoms with Gasteiger partial charge in [0.15, 0.2) is 0 Å². The van der Waals surface area contributed by atoms with Crippen LogP contribution in [0.5, 0.6) is 0 Å². The molecule has 0 spiro atoms. The first-order chi connectivity index (χ1) is 7.69. The van der Waals surface area contributed by atoms with Crippen molar-refractivity contribution in [1.82, 2.24) is 0 Å². The Bertz CT molecular complexity index is 284. The minimum absolute atomic E-state index is 0.255. The third-order valence-electron chi connectivity index (χ3n) is 3.31. The van der Waals surface area contributed by atoms with Gasteiger partial charge >= 0.3 is 0 Å². The van der Waals surface area contributed by atoms with Crippen LogP contribution in [0.4, 0.5) is 5.69 Å². The van der Waals surface area contributed by atoms with E-state index >= 15 is 0 Å². The highest BCUT2D eigenvalue weighted by Gasteiger charge is 2.14. The number of anilines is 1. The van der Waals surface area contributed by atoms with Gasteiger partial charge in [0.2, 0.25) is 0 Å². The third-order valence-corrected chi connectivity index (χ3v) is 3.31. The van der Waals surface area contributed by atoms with E-state index in [1.165, 1.54) is 5.69 Å². The van der Waals surface area contributed by atoms with Crippen LogP contribution in [0, 0.1) is 5.92 Å². The van der Waals surface area contributed by atoms with Gasteiger partial charge in [0.25, 0.3) is 0 Å². The third kappa shape index (κ3) is 3.53. The van der Waals surface area contributed by atoms with Crippen LogP contribution in [0.25, 0.3) is 0 Å². The molecule has 0 saturated carbocycles. The first-order valence-electron chi connectivity index (χ1n) is 6.24. The molecule has 1 rings (SSSR count). The first kappa shape index (κ1) is 13.0. The molecule has 0 radical (unpaired) electrons. The van der Waals surface area contributed by atoms with Crippen LogP contribution in [-0.4, -0.2) is 19.1 Å². The molecule has 2 nitrogen and oxygen atoms in total. The summed E-state index contributed by atoms with van der Waals surface area (Å²) in [4.78, 5) is 2.34. The van der Waals surface area contributed by atoms with Crippen molar-refractivity contribution >= 4 is 5.69 Å². The second kappa shape index (κ2) is 6.54. The Kier molecular flexibility index (Phi) is 5.33. The Hall–Kier alpha value is -1.02. The van der Waals surface area contributed by atoms with Gasteiger partial charge in [0.1, 0.15) is 0 Å². The predicted molar refractivity (Wildman–Crippen MR) is 71.8 cm³/mol. The summed E-state index contributed by atoms with van der Waals surface area (Å²) < 4.78 is 0. The smallest absolute Gasteiger partial charge is 0.0366 e. The van der Waals surface area contributed by atoms with E-state index in [2.05, 4.69) is 49.9 Å². The maximum atomic E-state index is 6.20. The van der Waals surface area contributed by atoms with Crippen LogP contribution in [0.15, 0.2) is 30.3 Å². The van der Waals surface area contributed by atoms with Crippen molar-refractivity contribution in [2.45, 2.75) is 33.2 Å². The summed E-state index contributed by atoms with van der Waals surface area (Å²) in [6, 6.07) is 10.7. The Morgan fingerprint density at radius 1 is 1.19 bits per heavy atom. The molecule has 0 saturated heterocycles. The van der Waals surface area contributed by atoms with Crippen LogP contribution in [0.1, 0.15) is 27.2 Å². The minimum Gasteiger partial charge on any atom is -0.370 e. The van der Waals surface area contributed by atoms with E-state index in [1.54, 1.807) is 0 Å². The molecule has 0 aromatic heterocycles. The average Bonchev–Trinajstić information content (AvgIpc) is 2.35. The van der Waals surface area contributed by atoms with Crippen LogP contribution >= 0.6 is 0 Å². The highest BCUT2D eigenvalue weighted by Crippen LogP contribution is 2.15. The molecule has 1 aromatic carbocycles. The summed E-state index contributed by atoms with van der Waals surface area (Å²) in [6.07, 6.45) is 1.15. The lowest BCUT2D eigenvalue weighted by atomic mass is 9.99. The monoisotopic (exact) mass is 220 g/mol. The number of benzene rings is 1. The Morgan fingerprint density at radius 2 is 1.81 bits per heavy atom. The molecule has 0 aliphatic carbocycles. The van der Waals surface area contributed by atoms with Crippen molar-refractivity contribution < 1.29 is 0 Å². The Morgan fingerprint density at radius 3 is 2.31 bits per heavy atom. The maximum absolute atomic E-state index is 6.20. The number of rotatable bonds is 6. The number of hydrogen-bond acceptors (Lipinski definition) is 2. The highest BCUT2D eigenvalue weighted by molar-refractivity contribution is 5.45. The van der Waals surface area contributed by atoms with Crippen molar-refractivity contribution in [3.63, 3.8) is 0 Å². The standard InChI is InChI=1S/C14H24N2/c1-4-12(3)14(15)11-16(5-2)13-9-7-6-8-10-13/h6-10,12,14H,4-5,11,15H2,1-3H3. The fourth-order valence-electron chi connectivity index (χ4n) is 1.79. The molecular formula is C14H24N2. The molecule has 0 amide bonds. The van der Waals surface area contributed by atoms with Crippen LogP contribution in [0.3, 0.4) is 0 Å². The molecule has 0 bridgehead atoms. The van der Waals surface area contributed by atoms with Gasteiger partial charge in [-0.25, -0.2) is 0 Å². The molecule has 2 unspecified atom stereocenters. The summed E-state index contributed by atoms with van der Waals surface area (Å²) in [7, 11) is 0. The second-order valence-corrected chi connectivity index (χ2v) is 4.42. The van der Waals surface area contributed by atoms with Crippen LogP contribution in [-0.2, 0) is 0 Å². The van der Waals surface area contributed by atoms with Gasteiger partial charge in [-0.2, -0.15) is 0 Å². The van der Waals surface area contributed by atoms with Gasteiger partial charge in [0, 0.05) is 24.8 Å². The summed E-state index contributed by atoms with van der Waals surface area (Å²) in [6.45, 7) is 8.55. The molecule has 16 heavy (non-hydrogen) atoms. The lowest BCUT2D eigenvalue weighted by Gasteiger charge is -2.29. The Balaban J connectivity index is 2.62. The SMILES string of the molecule is CCC(C)C(N)CN(CC)c1ccccc1. The molecule has 1 aromatic rings. The molecule has 90 valence electrons. The largest absolute Gasteiger partial charge is 0.370 e. The van der Waals surface area contributed by atoms with E-state index in [0.29, 0.717) is 5.92 Å². The van der Waals surface area contributed by atoms with Crippen molar-refractivity contribution in [2.75, 3.05) is 18.0 Å². The van der Waals surface area contributed by atoms with Crippen molar-refractivity contribution in [1.29, 1.82) is 0 Å². The fraction of sp³-hybridized carbons (Fsp3) is 0.571. The molecular weight excluding hydrogens is 196 g/mol. The predicted octanol–water partition coefficient (Wildman–Crippen LogP) is 2.89. The van der Waals surface area contributed by atoms with E-state index in [9.17, 15) is 0 Å². The molecule has 2 atom stereocenters. The fourth-order valence-corrected chi connectivity index (χ4v) is 1.79. The number of likely N-dealkylation sites (N-methyl/N-ethyl adjacent to an activating group) is 1. The van der Waals surface area contributed by atoms with Crippen molar-refractivity contribution in [3.05, 3.63) is 30.3 Å². The van der Waals surface area contributed by atoms with E-state index in [1.807, 2.05) is 6.07 Å². The zero-order chi connectivity index (χ0) is 12.0. The molecule has 0 fully saturated rings. The maximum Gasteiger partial charge on any atom is 0.0366 e. The quantitative estimate of drug-likeness (QED) is 0.798. The zero-order valence-electron chi connectivity index (χ0n) is 10.7. The van der Waals surface area contributed by atoms with Crippen molar-refractivity contribution in [2.24, 2.45) is 11.7 Å². The first-order valence-corrected chi connectivity index (χ1v) is 6.24. The lowest BCUT2D eigenvalue weighted by Crippen LogP contribution is -2.41. The molecule has 0 heterocycles. The molecule has 2 N–H and O–H groups in total.